The van der Waals surface area contributed by atoms with Crippen molar-refractivity contribution in [1.82, 2.24) is 10.3 Å². The number of nitrogens with zero attached hydrogens (tertiary/aromatic N) is 1. The van der Waals surface area contributed by atoms with Crippen LogP contribution in [-0.2, 0) is 6.61 Å². The van der Waals surface area contributed by atoms with E-state index in [9.17, 15) is 4.79 Å². The number of nitrogens with one attached hydrogen (secondary N) is 1. The molecule has 26 heavy (non-hydrogen) atoms. The zero-order valence-electron chi connectivity index (χ0n) is 14.8. The lowest BCUT2D eigenvalue weighted by Gasteiger charge is -2.56. The molecular formula is C21H24N2O2S. The van der Waals surface area contributed by atoms with Crippen molar-refractivity contribution in [3.05, 3.63) is 46.4 Å². The Kier molecular flexibility index (Phi) is 4.00. The molecule has 4 aliphatic rings. The molecule has 0 unspecified atom stereocenters. The average Bonchev–Trinajstić information content (AvgIpc) is 3.12. The van der Waals surface area contributed by atoms with Gasteiger partial charge in [-0.05, 0) is 74.5 Å². The van der Waals surface area contributed by atoms with Crippen molar-refractivity contribution in [2.45, 2.75) is 50.7 Å². The first kappa shape index (κ1) is 16.3. The van der Waals surface area contributed by atoms with Gasteiger partial charge in [-0.1, -0.05) is 6.07 Å². The summed E-state index contributed by atoms with van der Waals surface area (Å²) >= 11 is 1.56. The van der Waals surface area contributed by atoms with E-state index in [1.165, 1.54) is 38.5 Å². The Morgan fingerprint density at radius 2 is 1.92 bits per heavy atom. The van der Waals surface area contributed by atoms with Gasteiger partial charge in [0.25, 0.3) is 5.91 Å². The molecule has 0 radical (unpaired) electrons. The smallest absolute Gasteiger partial charge is 0.251 e. The molecule has 1 heterocycles. The van der Waals surface area contributed by atoms with Crippen molar-refractivity contribution in [1.29, 1.82) is 0 Å². The largest absolute Gasteiger partial charge is 0.487 e. The second-order valence-corrected chi connectivity index (χ2v) is 9.17. The summed E-state index contributed by atoms with van der Waals surface area (Å²) in [5, 5.41) is 5.41. The number of rotatable bonds is 5. The minimum atomic E-state index is 0.0449. The predicted octanol–water partition coefficient (Wildman–Crippen LogP) is 4.42. The summed E-state index contributed by atoms with van der Waals surface area (Å²) in [6.45, 7) is 0.434. The molecule has 136 valence electrons. The Balaban J connectivity index is 1.28. The minimum Gasteiger partial charge on any atom is -0.487 e. The molecule has 1 N–H and O–H groups in total. The third-order valence-electron chi connectivity index (χ3n) is 6.38. The average molecular weight is 369 g/mol. The first-order valence-electron chi connectivity index (χ1n) is 9.60. The van der Waals surface area contributed by atoms with Gasteiger partial charge in [-0.15, -0.1) is 11.3 Å². The number of ether oxygens (including phenoxy) is 1. The lowest BCUT2D eigenvalue weighted by atomic mass is 9.53. The molecule has 0 atom stereocenters. The first-order chi connectivity index (χ1) is 12.7. The second-order valence-electron chi connectivity index (χ2n) is 8.45. The second kappa shape index (κ2) is 6.38. The maximum Gasteiger partial charge on any atom is 0.251 e. The molecule has 4 bridgehead atoms. The van der Waals surface area contributed by atoms with E-state index in [1.807, 2.05) is 29.6 Å². The molecule has 4 saturated carbocycles. The highest BCUT2D eigenvalue weighted by atomic mass is 32.1. The third kappa shape index (κ3) is 3.13. The van der Waals surface area contributed by atoms with Crippen LogP contribution in [0.4, 0.5) is 0 Å². The highest BCUT2D eigenvalue weighted by Gasteiger charge is 2.51. The van der Waals surface area contributed by atoms with Crippen molar-refractivity contribution in [3.63, 3.8) is 0 Å². The monoisotopic (exact) mass is 368 g/mol. The van der Waals surface area contributed by atoms with Gasteiger partial charge in [-0.3, -0.25) is 4.79 Å². The molecule has 0 spiro atoms. The Labute approximate surface area is 158 Å². The first-order valence-corrected chi connectivity index (χ1v) is 10.5. The van der Waals surface area contributed by atoms with Crippen LogP contribution >= 0.6 is 11.3 Å². The van der Waals surface area contributed by atoms with Gasteiger partial charge in [0.1, 0.15) is 12.4 Å². The molecule has 4 nitrogen and oxygen atoms in total. The van der Waals surface area contributed by atoms with E-state index in [0.29, 0.717) is 12.2 Å². The molecule has 1 aromatic heterocycles. The molecular weight excluding hydrogens is 344 g/mol. The fourth-order valence-corrected chi connectivity index (χ4v) is 6.31. The van der Waals surface area contributed by atoms with E-state index in [0.717, 1.165) is 29.2 Å². The number of benzene rings is 1. The Hall–Kier alpha value is -1.88. The van der Waals surface area contributed by atoms with Crippen LogP contribution in [-0.4, -0.2) is 16.4 Å². The molecule has 1 aromatic carbocycles. The van der Waals surface area contributed by atoms with E-state index in [2.05, 4.69) is 10.3 Å². The van der Waals surface area contributed by atoms with E-state index < -0.39 is 0 Å². The maximum absolute atomic E-state index is 12.9. The lowest BCUT2D eigenvalue weighted by Crippen LogP contribution is -2.59. The number of carbonyl (C=O) groups is 1. The van der Waals surface area contributed by atoms with Crippen LogP contribution in [0.15, 0.2) is 35.2 Å². The summed E-state index contributed by atoms with van der Waals surface area (Å²) in [7, 11) is 0. The highest BCUT2D eigenvalue weighted by molar-refractivity contribution is 7.07. The third-order valence-corrected chi connectivity index (χ3v) is 7.02. The molecule has 0 aliphatic heterocycles. The van der Waals surface area contributed by atoms with Crippen LogP contribution in [0.3, 0.4) is 0 Å². The number of amides is 1. The van der Waals surface area contributed by atoms with Crippen molar-refractivity contribution >= 4 is 17.2 Å². The molecule has 4 aliphatic carbocycles. The normalized spacial score (nSPS) is 31.8. The van der Waals surface area contributed by atoms with Crippen molar-refractivity contribution < 1.29 is 9.53 Å². The van der Waals surface area contributed by atoms with Gasteiger partial charge in [0.15, 0.2) is 0 Å². The van der Waals surface area contributed by atoms with Gasteiger partial charge in [-0.2, -0.15) is 0 Å². The quantitative estimate of drug-likeness (QED) is 0.850. The molecule has 2 aromatic rings. The van der Waals surface area contributed by atoms with Gasteiger partial charge in [0.05, 0.1) is 11.2 Å². The van der Waals surface area contributed by atoms with Crippen molar-refractivity contribution in [2.75, 3.05) is 0 Å². The van der Waals surface area contributed by atoms with E-state index in [1.54, 1.807) is 16.8 Å². The van der Waals surface area contributed by atoms with Crippen LogP contribution in [0.1, 0.15) is 54.6 Å². The van der Waals surface area contributed by atoms with Crippen molar-refractivity contribution in [2.24, 2.45) is 17.8 Å². The zero-order valence-corrected chi connectivity index (χ0v) is 15.6. The molecule has 6 rings (SSSR count). The molecule has 1 amide bonds. The predicted molar refractivity (Wildman–Crippen MR) is 101 cm³/mol. The van der Waals surface area contributed by atoms with Gasteiger partial charge < -0.3 is 10.1 Å². The highest BCUT2D eigenvalue weighted by Crippen LogP contribution is 2.55. The summed E-state index contributed by atoms with van der Waals surface area (Å²) in [4.78, 5) is 17.2. The molecule has 4 fully saturated rings. The maximum atomic E-state index is 12.9. The minimum absolute atomic E-state index is 0.0449. The summed E-state index contributed by atoms with van der Waals surface area (Å²) in [6, 6.07) is 7.52. The van der Waals surface area contributed by atoms with Gasteiger partial charge in [0, 0.05) is 16.5 Å². The number of thiazole rings is 1. The van der Waals surface area contributed by atoms with Crippen LogP contribution in [0.2, 0.25) is 0 Å². The van der Waals surface area contributed by atoms with Crippen LogP contribution in [0.25, 0.3) is 0 Å². The van der Waals surface area contributed by atoms with E-state index >= 15 is 0 Å². The SMILES string of the molecule is O=C(NC12CC3CC(CC(C3)C1)C2)c1cccc(OCc2cscn2)c1. The van der Waals surface area contributed by atoms with Crippen molar-refractivity contribution in [3.8, 4) is 5.75 Å². The number of carbonyl (C=O) groups excluding carboxylic acids is 1. The van der Waals surface area contributed by atoms with Gasteiger partial charge >= 0.3 is 0 Å². The number of aromatic nitrogens is 1. The topological polar surface area (TPSA) is 51.2 Å². The summed E-state index contributed by atoms with van der Waals surface area (Å²) < 4.78 is 5.80. The Morgan fingerprint density at radius 1 is 1.19 bits per heavy atom. The summed E-state index contributed by atoms with van der Waals surface area (Å²) in [5.74, 6) is 3.25. The van der Waals surface area contributed by atoms with Crippen LogP contribution < -0.4 is 10.1 Å². The van der Waals surface area contributed by atoms with Gasteiger partial charge in [0.2, 0.25) is 0 Å². The number of hydrogen-bond acceptors (Lipinski definition) is 4. The summed E-state index contributed by atoms with van der Waals surface area (Å²) in [6.07, 6.45) is 7.67. The van der Waals surface area contributed by atoms with E-state index in [4.69, 9.17) is 4.74 Å². The zero-order chi connectivity index (χ0) is 17.6. The fourth-order valence-electron chi connectivity index (χ4n) is 5.77. The standard InChI is InChI=1S/C21H24N2O2S/c24-20(23-21-8-14-4-15(9-21)6-16(5-14)10-21)17-2-1-3-19(7-17)25-11-18-12-26-13-22-18/h1-3,7,12-16H,4-6,8-11H2,(H,23,24). The van der Waals surface area contributed by atoms with Crippen LogP contribution in [0, 0.1) is 17.8 Å². The number of hydrogen-bond donors (Lipinski definition) is 1. The van der Waals surface area contributed by atoms with E-state index in [-0.39, 0.29) is 11.4 Å². The Morgan fingerprint density at radius 3 is 2.58 bits per heavy atom. The lowest BCUT2D eigenvalue weighted by molar-refractivity contribution is -0.0167. The van der Waals surface area contributed by atoms with Crippen LogP contribution in [0.5, 0.6) is 5.75 Å². The summed E-state index contributed by atoms with van der Waals surface area (Å²) in [5.41, 5.74) is 3.45. The fraction of sp³-hybridized carbons (Fsp3) is 0.524. The molecule has 0 saturated heterocycles. The van der Waals surface area contributed by atoms with Gasteiger partial charge in [-0.25, -0.2) is 4.98 Å². The Bertz CT molecular complexity index is 767. The molecule has 5 heteroatoms.